The van der Waals surface area contributed by atoms with Crippen molar-refractivity contribution in [3.63, 3.8) is 0 Å². The monoisotopic (exact) mass is 378 g/mol. The lowest BCUT2D eigenvalue weighted by molar-refractivity contribution is 0.0304. The predicted molar refractivity (Wildman–Crippen MR) is 101 cm³/mol. The molecule has 1 aliphatic carbocycles. The van der Waals surface area contributed by atoms with Crippen LogP contribution in [-0.4, -0.2) is 59.8 Å². The lowest BCUT2D eigenvalue weighted by atomic mass is 9.77. The summed E-state index contributed by atoms with van der Waals surface area (Å²) in [7, 11) is 0. The van der Waals surface area contributed by atoms with Gasteiger partial charge in [-0.2, -0.15) is 5.10 Å². The summed E-state index contributed by atoms with van der Waals surface area (Å²) in [6, 6.07) is 9.65. The first kappa shape index (κ1) is 17.1. The number of fused-ring (bicyclic) bond motifs is 1. The van der Waals surface area contributed by atoms with Crippen LogP contribution in [0.2, 0.25) is 0 Å². The van der Waals surface area contributed by atoms with Crippen molar-refractivity contribution in [2.75, 3.05) is 13.1 Å². The standard InChI is InChI=1S/C20H22N6O2/c27-17-7-15-9-25(8-14(15)6-16(17)26-12-21-10-24-26)20(28)19-18(22-11-23-19)13-4-2-1-3-5-13/h1-5,10-12,14-17,27H,6-9H2,(H,22,23)/t14-,15+,16-,17-/m1/s1. The molecule has 144 valence electrons. The number of carbonyl (C=O) groups is 1. The van der Waals surface area contributed by atoms with Gasteiger partial charge in [0.05, 0.1) is 18.5 Å². The van der Waals surface area contributed by atoms with Gasteiger partial charge in [-0.15, -0.1) is 0 Å². The molecule has 0 radical (unpaired) electrons. The number of aliphatic hydroxyl groups excluding tert-OH is 1. The van der Waals surface area contributed by atoms with Crippen LogP contribution in [0.15, 0.2) is 49.3 Å². The van der Waals surface area contributed by atoms with Crippen molar-refractivity contribution >= 4 is 5.91 Å². The molecule has 8 heteroatoms. The van der Waals surface area contributed by atoms with Gasteiger partial charge < -0.3 is 15.0 Å². The minimum Gasteiger partial charge on any atom is -0.391 e. The molecule has 0 unspecified atom stereocenters. The highest BCUT2D eigenvalue weighted by Gasteiger charge is 2.44. The van der Waals surface area contributed by atoms with Crippen molar-refractivity contribution in [2.45, 2.75) is 25.0 Å². The Morgan fingerprint density at radius 3 is 2.68 bits per heavy atom. The quantitative estimate of drug-likeness (QED) is 0.723. The molecule has 4 atom stereocenters. The molecule has 1 amide bonds. The Morgan fingerprint density at radius 1 is 1.14 bits per heavy atom. The molecular formula is C20H22N6O2. The third-order valence-electron chi connectivity index (χ3n) is 6.07. The lowest BCUT2D eigenvalue weighted by Crippen LogP contribution is -2.36. The molecule has 0 spiro atoms. The fourth-order valence-electron chi connectivity index (χ4n) is 4.68. The largest absolute Gasteiger partial charge is 0.391 e. The fraction of sp³-hybridized carbons (Fsp3) is 0.400. The van der Waals surface area contributed by atoms with Crippen LogP contribution in [-0.2, 0) is 0 Å². The van der Waals surface area contributed by atoms with Crippen molar-refractivity contribution in [3.05, 3.63) is 55.0 Å². The number of hydrogen-bond donors (Lipinski definition) is 2. The Bertz CT molecular complexity index is 954. The highest BCUT2D eigenvalue weighted by atomic mass is 16.3. The van der Waals surface area contributed by atoms with Gasteiger partial charge in [-0.1, -0.05) is 30.3 Å². The van der Waals surface area contributed by atoms with Crippen LogP contribution < -0.4 is 0 Å². The number of rotatable bonds is 3. The van der Waals surface area contributed by atoms with E-state index in [9.17, 15) is 9.90 Å². The summed E-state index contributed by atoms with van der Waals surface area (Å²) in [5, 5.41) is 14.8. The van der Waals surface area contributed by atoms with E-state index < -0.39 is 6.10 Å². The Hall–Kier alpha value is -3.00. The van der Waals surface area contributed by atoms with Gasteiger partial charge in [0.25, 0.3) is 5.91 Å². The molecule has 0 bridgehead atoms. The maximum absolute atomic E-state index is 13.2. The van der Waals surface area contributed by atoms with Crippen LogP contribution in [0.3, 0.4) is 0 Å². The zero-order chi connectivity index (χ0) is 19.1. The summed E-state index contributed by atoms with van der Waals surface area (Å²) in [4.78, 5) is 26.5. The van der Waals surface area contributed by atoms with Crippen molar-refractivity contribution in [1.82, 2.24) is 29.6 Å². The van der Waals surface area contributed by atoms with Gasteiger partial charge in [-0.05, 0) is 24.7 Å². The smallest absolute Gasteiger partial charge is 0.272 e. The first-order chi connectivity index (χ1) is 13.7. The molecule has 28 heavy (non-hydrogen) atoms. The van der Waals surface area contributed by atoms with Crippen LogP contribution in [0, 0.1) is 11.8 Å². The zero-order valence-corrected chi connectivity index (χ0v) is 15.3. The number of hydrogen-bond acceptors (Lipinski definition) is 5. The van der Waals surface area contributed by atoms with E-state index in [1.54, 1.807) is 17.3 Å². The number of H-pyrrole nitrogens is 1. The van der Waals surface area contributed by atoms with Crippen LogP contribution >= 0.6 is 0 Å². The van der Waals surface area contributed by atoms with Crippen LogP contribution in [0.5, 0.6) is 0 Å². The van der Waals surface area contributed by atoms with E-state index in [-0.39, 0.29) is 11.9 Å². The van der Waals surface area contributed by atoms with Gasteiger partial charge in [0, 0.05) is 18.7 Å². The number of amides is 1. The van der Waals surface area contributed by atoms with E-state index in [1.165, 1.54) is 6.33 Å². The molecule has 2 aliphatic rings. The van der Waals surface area contributed by atoms with E-state index in [4.69, 9.17) is 0 Å². The SMILES string of the molecule is O=C(c1[nH]cnc1-c1ccccc1)N1C[C@H]2C[C@@H](n3cncn3)[C@H](O)C[C@H]2C1. The first-order valence-electron chi connectivity index (χ1n) is 9.61. The number of aliphatic hydroxyl groups is 1. The number of benzene rings is 1. The number of likely N-dealkylation sites (tertiary alicyclic amines) is 1. The molecule has 1 aromatic carbocycles. The second kappa shape index (κ2) is 6.87. The summed E-state index contributed by atoms with van der Waals surface area (Å²) in [6.07, 6.45) is 5.73. The number of carbonyl (C=O) groups excluding carboxylic acids is 1. The first-order valence-corrected chi connectivity index (χ1v) is 9.61. The topological polar surface area (TPSA) is 99.9 Å². The number of aromatic amines is 1. The van der Waals surface area contributed by atoms with Crippen molar-refractivity contribution < 1.29 is 9.90 Å². The van der Waals surface area contributed by atoms with Gasteiger partial charge in [0.15, 0.2) is 0 Å². The van der Waals surface area contributed by atoms with Gasteiger partial charge in [0.2, 0.25) is 0 Å². The van der Waals surface area contributed by atoms with E-state index >= 15 is 0 Å². The normalized spacial score (nSPS) is 27.0. The predicted octanol–water partition coefficient (Wildman–Crippen LogP) is 1.75. The summed E-state index contributed by atoms with van der Waals surface area (Å²) >= 11 is 0. The fourth-order valence-corrected chi connectivity index (χ4v) is 4.68. The third-order valence-corrected chi connectivity index (χ3v) is 6.07. The third kappa shape index (κ3) is 2.90. The molecule has 1 saturated carbocycles. The van der Waals surface area contributed by atoms with Crippen LogP contribution in [0.4, 0.5) is 0 Å². The lowest BCUT2D eigenvalue weighted by Gasteiger charge is -2.34. The number of nitrogens with one attached hydrogen (secondary N) is 1. The highest BCUT2D eigenvalue weighted by Crippen LogP contribution is 2.41. The Kier molecular flexibility index (Phi) is 4.20. The van der Waals surface area contributed by atoms with Gasteiger partial charge in [-0.25, -0.2) is 14.6 Å². The van der Waals surface area contributed by atoms with Crippen LogP contribution in [0.25, 0.3) is 11.3 Å². The number of imidazole rings is 1. The maximum Gasteiger partial charge on any atom is 0.272 e. The molecule has 2 N–H and O–H groups in total. The molecular weight excluding hydrogens is 356 g/mol. The molecule has 1 aliphatic heterocycles. The van der Waals surface area contributed by atoms with Gasteiger partial charge in [0.1, 0.15) is 24.0 Å². The van der Waals surface area contributed by atoms with Crippen LogP contribution in [0.1, 0.15) is 29.4 Å². The molecule has 5 rings (SSSR count). The molecule has 1 saturated heterocycles. The van der Waals surface area contributed by atoms with Gasteiger partial charge in [-0.3, -0.25) is 4.79 Å². The second-order valence-electron chi connectivity index (χ2n) is 7.70. The molecule has 2 aromatic heterocycles. The molecule has 2 fully saturated rings. The second-order valence-corrected chi connectivity index (χ2v) is 7.70. The molecule has 3 aromatic rings. The Balaban J connectivity index is 1.34. The summed E-state index contributed by atoms with van der Waals surface area (Å²) < 4.78 is 1.74. The summed E-state index contributed by atoms with van der Waals surface area (Å²) in [5.41, 5.74) is 2.13. The molecule has 8 nitrogen and oxygen atoms in total. The van der Waals surface area contributed by atoms with E-state index in [0.717, 1.165) is 12.0 Å². The van der Waals surface area contributed by atoms with E-state index in [1.807, 2.05) is 35.2 Å². The van der Waals surface area contributed by atoms with Crippen molar-refractivity contribution in [3.8, 4) is 11.3 Å². The zero-order valence-electron chi connectivity index (χ0n) is 15.3. The van der Waals surface area contributed by atoms with E-state index in [0.29, 0.717) is 42.7 Å². The number of nitrogens with zero attached hydrogens (tertiary/aromatic N) is 5. The minimum atomic E-state index is -0.468. The average molecular weight is 378 g/mol. The van der Waals surface area contributed by atoms with Crippen molar-refractivity contribution in [1.29, 1.82) is 0 Å². The van der Waals surface area contributed by atoms with Gasteiger partial charge >= 0.3 is 0 Å². The highest BCUT2D eigenvalue weighted by molar-refractivity contribution is 5.98. The molecule has 3 heterocycles. The van der Waals surface area contributed by atoms with E-state index in [2.05, 4.69) is 20.1 Å². The number of aromatic nitrogens is 5. The Morgan fingerprint density at radius 2 is 1.93 bits per heavy atom. The maximum atomic E-state index is 13.2. The minimum absolute atomic E-state index is 0.0300. The summed E-state index contributed by atoms with van der Waals surface area (Å²) in [5.74, 6) is 0.629. The summed E-state index contributed by atoms with van der Waals surface area (Å²) in [6.45, 7) is 1.35. The average Bonchev–Trinajstić information content (AvgIpc) is 3.46. The van der Waals surface area contributed by atoms with Crippen molar-refractivity contribution in [2.24, 2.45) is 11.8 Å². The Labute approximate surface area is 162 Å².